The van der Waals surface area contributed by atoms with Gasteiger partial charge in [0, 0.05) is 26.1 Å². The maximum absolute atomic E-state index is 13.1. The lowest BCUT2D eigenvalue weighted by molar-refractivity contribution is -0.120. The highest BCUT2D eigenvalue weighted by molar-refractivity contribution is 7.92. The Hall–Kier alpha value is -2.38. The molecule has 2 rings (SSSR count). The SMILES string of the molecule is Cc1ccc(S(=O)(=O)N(CCC(=O)NCCCO)c2ccccc2)cc1. The van der Waals surface area contributed by atoms with Gasteiger partial charge in [0.2, 0.25) is 5.91 Å². The molecule has 0 radical (unpaired) electrons. The van der Waals surface area contributed by atoms with Crippen LogP contribution in [0.25, 0.3) is 0 Å². The number of hydrogen-bond donors (Lipinski definition) is 2. The quantitative estimate of drug-likeness (QED) is 0.656. The van der Waals surface area contributed by atoms with Gasteiger partial charge in [0.25, 0.3) is 10.0 Å². The maximum Gasteiger partial charge on any atom is 0.264 e. The van der Waals surface area contributed by atoms with E-state index in [1.165, 1.54) is 4.31 Å². The van der Waals surface area contributed by atoms with Gasteiger partial charge in [-0.1, -0.05) is 35.9 Å². The van der Waals surface area contributed by atoms with Gasteiger partial charge in [-0.25, -0.2) is 8.42 Å². The third kappa shape index (κ3) is 5.31. The van der Waals surface area contributed by atoms with Crippen molar-refractivity contribution < 1.29 is 18.3 Å². The molecular weight excluding hydrogens is 352 g/mol. The third-order valence-electron chi connectivity index (χ3n) is 3.85. The fourth-order valence-electron chi connectivity index (χ4n) is 2.42. The molecule has 6 nitrogen and oxygen atoms in total. The minimum atomic E-state index is -3.78. The molecule has 0 unspecified atom stereocenters. The highest BCUT2D eigenvalue weighted by Gasteiger charge is 2.25. The van der Waals surface area contributed by atoms with E-state index in [0.717, 1.165) is 5.56 Å². The van der Waals surface area contributed by atoms with E-state index in [1.807, 2.05) is 13.0 Å². The van der Waals surface area contributed by atoms with Crippen molar-refractivity contribution in [3.8, 4) is 0 Å². The van der Waals surface area contributed by atoms with Crippen LogP contribution in [0.1, 0.15) is 18.4 Å². The van der Waals surface area contributed by atoms with Gasteiger partial charge in [-0.2, -0.15) is 0 Å². The highest BCUT2D eigenvalue weighted by Crippen LogP contribution is 2.24. The molecule has 140 valence electrons. The van der Waals surface area contributed by atoms with Crippen LogP contribution in [0.2, 0.25) is 0 Å². The van der Waals surface area contributed by atoms with E-state index in [1.54, 1.807) is 48.5 Å². The molecule has 0 saturated carbocycles. The lowest BCUT2D eigenvalue weighted by Crippen LogP contribution is -2.35. The van der Waals surface area contributed by atoms with Crippen LogP contribution in [0.5, 0.6) is 0 Å². The van der Waals surface area contributed by atoms with Gasteiger partial charge in [-0.3, -0.25) is 9.10 Å². The smallest absolute Gasteiger partial charge is 0.264 e. The van der Waals surface area contributed by atoms with Crippen LogP contribution in [0, 0.1) is 6.92 Å². The van der Waals surface area contributed by atoms with Gasteiger partial charge in [0.15, 0.2) is 0 Å². The fourth-order valence-corrected chi connectivity index (χ4v) is 3.88. The highest BCUT2D eigenvalue weighted by atomic mass is 32.2. The van der Waals surface area contributed by atoms with Crippen molar-refractivity contribution in [3.63, 3.8) is 0 Å². The number of carbonyl (C=O) groups is 1. The van der Waals surface area contributed by atoms with Gasteiger partial charge in [-0.05, 0) is 37.6 Å². The number of rotatable bonds is 9. The Labute approximate surface area is 154 Å². The standard InChI is InChI=1S/C19H24N2O4S/c1-16-8-10-18(11-9-16)26(24,25)21(17-6-3-2-4-7-17)14-12-19(23)20-13-5-15-22/h2-4,6-11,22H,5,12-15H2,1H3,(H,20,23). The molecule has 1 amide bonds. The summed E-state index contributed by atoms with van der Waals surface area (Å²) in [6.45, 7) is 2.29. The Balaban J connectivity index is 2.22. The van der Waals surface area contributed by atoms with Crippen molar-refractivity contribution >= 4 is 21.6 Å². The largest absolute Gasteiger partial charge is 0.396 e. The summed E-state index contributed by atoms with van der Waals surface area (Å²) in [6, 6.07) is 15.4. The van der Waals surface area contributed by atoms with Crippen LogP contribution < -0.4 is 9.62 Å². The second-order valence-corrected chi connectivity index (χ2v) is 7.77. The number of aryl methyl sites for hydroxylation is 1. The number of amides is 1. The number of aliphatic hydroxyl groups excluding tert-OH is 1. The Morgan fingerprint density at radius 3 is 2.35 bits per heavy atom. The topological polar surface area (TPSA) is 86.7 Å². The number of anilines is 1. The minimum absolute atomic E-state index is 0.00176. The fraction of sp³-hybridized carbons (Fsp3) is 0.316. The van der Waals surface area contributed by atoms with Gasteiger partial charge in [0.05, 0.1) is 10.6 Å². The third-order valence-corrected chi connectivity index (χ3v) is 5.69. The molecule has 0 bridgehead atoms. The van der Waals surface area contributed by atoms with E-state index in [9.17, 15) is 13.2 Å². The number of aliphatic hydroxyl groups is 1. The predicted octanol–water partition coefficient (Wildman–Crippen LogP) is 2.08. The lowest BCUT2D eigenvalue weighted by atomic mass is 10.2. The molecule has 0 aliphatic rings. The molecule has 0 spiro atoms. The van der Waals surface area contributed by atoms with Crippen LogP contribution in [-0.2, 0) is 14.8 Å². The zero-order valence-corrected chi connectivity index (χ0v) is 15.6. The predicted molar refractivity (Wildman–Crippen MR) is 101 cm³/mol. The number of carbonyl (C=O) groups excluding carboxylic acids is 1. The lowest BCUT2D eigenvalue weighted by Gasteiger charge is -2.24. The molecule has 0 fully saturated rings. The van der Waals surface area contributed by atoms with Crippen molar-refractivity contribution in [2.45, 2.75) is 24.7 Å². The van der Waals surface area contributed by atoms with Crippen LogP contribution in [0.3, 0.4) is 0 Å². The molecule has 2 N–H and O–H groups in total. The summed E-state index contributed by atoms with van der Waals surface area (Å²) >= 11 is 0. The molecule has 0 aromatic heterocycles. The normalized spacial score (nSPS) is 11.2. The number of sulfonamides is 1. The van der Waals surface area contributed by atoms with Gasteiger partial charge in [-0.15, -0.1) is 0 Å². The average Bonchev–Trinajstić information content (AvgIpc) is 2.63. The van der Waals surface area contributed by atoms with Crippen LogP contribution in [0.4, 0.5) is 5.69 Å². The zero-order chi connectivity index (χ0) is 19.0. The van der Waals surface area contributed by atoms with Crippen molar-refractivity contribution in [1.29, 1.82) is 0 Å². The molecule has 0 aliphatic carbocycles. The summed E-state index contributed by atoms with van der Waals surface area (Å²) in [7, 11) is -3.78. The van der Waals surface area contributed by atoms with E-state index < -0.39 is 10.0 Å². The van der Waals surface area contributed by atoms with Crippen molar-refractivity contribution in [1.82, 2.24) is 5.32 Å². The molecule has 0 atom stereocenters. The van der Waals surface area contributed by atoms with Crippen LogP contribution >= 0.6 is 0 Å². The average molecular weight is 376 g/mol. The van der Waals surface area contributed by atoms with E-state index in [2.05, 4.69) is 5.32 Å². The number of para-hydroxylation sites is 1. The van der Waals surface area contributed by atoms with Crippen molar-refractivity contribution in [3.05, 3.63) is 60.2 Å². The summed E-state index contributed by atoms with van der Waals surface area (Å²) < 4.78 is 27.4. The molecule has 26 heavy (non-hydrogen) atoms. The first-order valence-corrected chi connectivity index (χ1v) is 9.91. The molecule has 2 aromatic carbocycles. The summed E-state index contributed by atoms with van der Waals surface area (Å²) in [4.78, 5) is 12.1. The Morgan fingerprint density at radius 2 is 1.73 bits per heavy atom. The second kappa shape index (κ2) is 9.35. The van der Waals surface area contributed by atoms with E-state index >= 15 is 0 Å². The zero-order valence-electron chi connectivity index (χ0n) is 14.8. The van der Waals surface area contributed by atoms with Crippen molar-refractivity contribution in [2.75, 3.05) is 24.0 Å². The Morgan fingerprint density at radius 1 is 1.08 bits per heavy atom. The van der Waals surface area contributed by atoms with Crippen LogP contribution in [-0.4, -0.2) is 39.1 Å². The molecule has 7 heteroatoms. The number of nitrogens with one attached hydrogen (secondary N) is 1. The summed E-state index contributed by atoms with van der Waals surface area (Å²) in [5, 5.41) is 11.4. The van der Waals surface area contributed by atoms with E-state index in [0.29, 0.717) is 18.7 Å². The molecule has 2 aromatic rings. The number of hydrogen-bond acceptors (Lipinski definition) is 4. The Bertz CT molecular complexity index is 805. The summed E-state index contributed by atoms with van der Waals surface area (Å²) in [5.41, 5.74) is 1.48. The van der Waals surface area contributed by atoms with E-state index in [4.69, 9.17) is 5.11 Å². The summed E-state index contributed by atoms with van der Waals surface area (Å²) in [5.74, 6) is -0.251. The minimum Gasteiger partial charge on any atom is -0.396 e. The first-order chi connectivity index (χ1) is 12.4. The molecular formula is C19H24N2O4S. The maximum atomic E-state index is 13.1. The Kier molecular flexibility index (Phi) is 7.17. The van der Waals surface area contributed by atoms with Crippen molar-refractivity contribution in [2.24, 2.45) is 0 Å². The van der Waals surface area contributed by atoms with Gasteiger partial charge < -0.3 is 10.4 Å². The molecule has 0 aliphatic heterocycles. The van der Waals surface area contributed by atoms with Crippen LogP contribution in [0.15, 0.2) is 59.5 Å². The summed E-state index contributed by atoms with van der Waals surface area (Å²) in [6.07, 6.45) is 0.501. The van der Waals surface area contributed by atoms with Gasteiger partial charge in [0.1, 0.15) is 0 Å². The van der Waals surface area contributed by atoms with Gasteiger partial charge >= 0.3 is 0 Å². The molecule has 0 saturated heterocycles. The first-order valence-electron chi connectivity index (χ1n) is 8.47. The number of benzene rings is 2. The number of nitrogens with zero attached hydrogens (tertiary/aromatic N) is 1. The molecule has 0 heterocycles. The first kappa shape index (κ1) is 19.9. The second-order valence-electron chi connectivity index (χ2n) is 5.90. The van der Waals surface area contributed by atoms with E-state index in [-0.39, 0.29) is 30.4 Å². The monoisotopic (exact) mass is 376 g/mol.